The summed E-state index contributed by atoms with van der Waals surface area (Å²) in [6.07, 6.45) is 2.98. The van der Waals surface area contributed by atoms with E-state index in [2.05, 4.69) is 15.7 Å². The summed E-state index contributed by atoms with van der Waals surface area (Å²) < 4.78 is 7.03. The Morgan fingerprint density at radius 1 is 1.16 bits per heavy atom. The number of fused-ring (bicyclic) bond motifs is 1. The molecule has 31 heavy (non-hydrogen) atoms. The SMILES string of the molecule is COc1ccccc1[C@H]1C=C(C(=O)O)Nc2c(C(=O)Nc3ccc(C)c(C)c3)cnn21. The minimum Gasteiger partial charge on any atom is -0.496 e. The van der Waals surface area contributed by atoms with Gasteiger partial charge in [-0.15, -0.1) is 0 Å². The van der Waals surface area contributed by atoms with E-state index in [4.69, 9.17) is 4.74 Å². The summed E-state index contributed by atoms with van der Waals surface area (Å²) in [5, 5.41) is 19.7. The molecule has 0 unspecified atom stereocenters. The number of carbonyl (C=O) groups is 2. The third-order valence-electron chi connectivity index (χ3n) is 5.33. The Bertz CT molecular complexity index is 1210. The highest BCUT2D eigenvalue weighted by Gasteiger charge is 2.30. The van der Waals surface area contributed by atoms with Gasteiger partial charge in [-0.25, -0.2) is 9.48 Å². The minimum absolute atomic E-state index is 0.0378. The number of carbonyl (C=O) groups excluding carboxylic acids is 1. The number of hydrogen-bond donors (Lipinski definition) is 3. The molecule has 8 nitrogen and oxygen atoms in total. The first-order valence-corrected chi connectivity index (χ1v) is 9.70. The van der Waals surface area contributed by atoms with Crippen LogP contribution < -0.4 is 15.4 Å². The van der Waals surface area contributed by atoms with Gasteiger partial charge in [0.15, 0.2) is 0 Å². The molecule has 2 heterocycles. The minimum atomic E-state index is -1.13. The summed E-state index contributed by atoms with van der Waals surface area (Å²) >= 11 is 0. The monoisotopic (exact) mass is 418 g/mol. The molecule has 1 aromatic heterocycles. The number of rotatable bonds is 5. The van der Waals surface area contributed by atoms with Crippen LogP contribution in [-0.2, 0) is 4.79 Å². The number of allylic oxidation sites excluding steroid dienone is 1. The van der Waals surface area contributed by atoms with Crippen LogP contribution in [0.4, 0.5) is 11.5 Å². The predicted molar refractivity (Wildman–Crippen MR) is 117 cm³/mol. The molecule has 4 rings (SSSR count). The van der Waals surface area contributed by atoms with Gasteiger partial charge in [0.2, 0.25) is 0 Å². The molecule has 1 aliphatic heterocycles. The number of amides is 1. The lowest BCUT2D eigenvalue weighted by molar-refractivity contribution is -0.132. The highest BCUT2D eigenvalue weighted by molar-refractivity contribution is 6.08. The molecule has 1 aliphatic rings. The molecule has 3 N–H and O–H groups in total. The van der Waals surface area contributed by atoms with Crippen molar-refractivity contribution in [3.63, 3.8) is 0 Å². The van der Waals surface area contributed by atoms with Crippen molar-refractivity contribution < 1.29 is 19.4 Å². The number of nitrogens with zero attached hydrogens (tertiary/aromatic N) is 2. The summed E-state index contributed by atoms with van der Waals surface area (Å²) in [7, 11) is 1.55. The van der Waals surface area contributed by atoms with Crippen molar-refractivity contribution >= 4 is 23.4 Å². The van der Waals surface area contributed by atoms with Crippen molar-refractivity contribution in [3.8, 4) is 5.75 Å². The van der Waals surface area contributed by atoms with Crippen molar-refractivity contribution in [2.75, 3.05) is 17.7 Å². The van der Waals surface area contributed by atoms with E-state index in [-0.39, 0.29) is 17.2 Å². The van der Waals surface area contributed by atoms with Crippen LogP contribution in [0.25, 0.3) is 0 Å². The summed E-state index contributed by atoms with van der Waals surface area (Å²) in [6.45, 7) is 3.97. The van der Waals surface area contributed by atoms with Gasteiger partial charge in [0.05, 0.1) is 13.3 Å². The van der Waals surface area contributed by atoms with E-state index in [0.29, 0.717) is 17.3 Å². The van der Waals surface area contributed by atoms with Crippen LogP contribution in [0.5, 0.6) is 5.75 Å². The second-order valence-electron chi connectivity index (χ2n) is 7.30. The average molecular weight is 418 g/mol. The molecule has 0 fully saturated rings. The fourth-order valence-corrected chi connectivity index (χ4v) is 3.54. The smallest absolute Gasteiger partial charge is 0.352 e. The van der Waals surface area contributed by atoms with E-state index < -0.39 is 12.0 Å². The first-order chi connectivity index (χ1) is 14.9. The molecular weight excluding hydrogens is 396 g/mol. The molecule has 2 aromatic carbocycles. The number of aromatic nitrogens is 2. The van der Waals surface area contributed by atoms with Crippen molar-refractivity contribution in [1.29, 1.82) is 0 Å². The number of hydrogen-bond acceptors (Lipinski definition) is 5. The molecule has 0 spiro atoms. The molecule has 0 radical (unpaired) electrons. The van der Waals surface area contributed by atoms with Crippen LogP contribution in [0.2, 0.25) is 0 Å². The third-order valence-corrected chi connectivity index (χ3v) is 5.33. The summed E-state index contributed by atoms with van der Waals surface area (Å²) in [4.78, 5) is 24.8. The maximum absolute atomic E-state index is 13.0. The van der Waals surface area contributed by atoms with Crippen LogP contribution in [0.1, 0.15) is 33.1 Å². The van der Waals surface area contributed by atoms with Gasteiger partial charge in [-0.3, -0.25) is 4.79 Å². The first-order valence-electron chi connectivity index (χ1n) is 9.70. The van der Waals surface area contributed by atoms with E-state index in [9.17, 15) is 14.7 Å². The van der Waals surface area contributed by atoms with Gasteiger partial charge in [0, 0.05) is 11.3 Å². The van der Waals surface area contributed by atoms with Gasteiger partial charge in [0.25, 0.3) is 5.91 Å². The van der Waals surface area contributed by atoms with Crippen molar-refractivity contribution in [3.05, 3.63) is 82.7 Å². The Labute approximate surface area is 179 Å². The van der Waals surface area contributed by atoms with Crippen LogP contribution >= 0.6 is 0 Å². The Kier molecular flexibility index (Phi) is 5.21. The van der Waals surface area contributed by atoms with Gasteiger partial charge in [-0.05, 0) is 49.2 Å². The molecule has 0 bridgehead atoms. The number of para-hydroxylation sites is 1. The van der Waals surface area contributed by atoms with E-state index in [1.54, 1.807) is 23.9 Å². The van der Waals surface area contributed by atoms with Crippen LogP contribution in [0, 0.1) is 13.8 Å². The average Bonchev–Trinajstić information content (AvgIpc) is 3.20. The summed E-state index contributed by atoms with van der Waals surface area (Å²) in [5.74, 6) is -0.620. The maximum atomic E-state index is 13.0. The molecule has 1 amide bonds. The van der Waals surface area contributed by atoms with E-state index in [0.717, 1.165) is 16.7 Å². The molecule has 0 aliphatic carbocycles. The van der Waals surface area contributed by atoms with Gasteiger partial charge in [-0.1, -0.05) is 24.3 Å². The van der Waals surface area contributed by atoms with E-state index in [1.165, 1.54) is 6.20 Å². The lowest BCUT2D eigenvalue weighted by Gasteiger charge is -2.25. The van der Waals surface area contributed by atoms with Gasteiger partial charge in [0.1, 0.15) is 28.9 Å². The molecule has 3 aromatic rings. The van der Waals surface area contributed by atoms with Gasteiger partial charge >= 0.3 is 5.97 Å². The highest BCUT2D eigenvalue weighted by atomic mass is 16.5. The number of carboxylic acids is 1. The molecule has 158 valence electrons. The fourth-order valence-electron chi connectivity index (χ4n) is 3.54. The Balaban J connectivity index is 1.74. The van der Waals surface area contributed by atoms with Crippen LogP contribution in [-0.4, -0.2) is 33.9 Å². The zero-order chi connectivity index (χ0) is 22.1. The van der Waals surface area contributed by atoms with Gasteiger partial charge < -0.3 is 20.5 Å². The second-order valence-corrected chi connectivity index (χ2v) is 7.30. The van der Waals surface area contributed by atoms with Crippen molar-refractivity contribution in [2.45, 2.75) is 19.9 Å². The lowest BCUT2D eigenvalue weighted by atomic mass is 10.0. The molecule has 0 saturated heterocycles. The molecular formula is C23H22N4O4. The van der Waals surface area contributed by atoms with Crippen LogP contribution in [0.15, 0.2) is 60.4 Å². The van der Waals surface area contributed by atoms with Crippen molar-refractivity contribution in [2.24, 2.45) is 0 Å². The van der Waals surface area contributed by atoms with E-state index in [1.807, 2.05) is 50.2 Å². The maximum Gasteiger partial charge on any atom is 0.352 e. The molecule has 8 heteroatoms. The Hall–Kier alpha value is -4.07. The fraction of sp³-hybridized carbons (Fsp3) is 0.174. The quantitative estimate of drug-likeness (QED) is 0.583. The summed E-state index contributed by atoms with van der Waals surface area (Å²) in [5.41, 5.74) is 3.77. The summed E-state index contributed by atoms with van der Waals surface area (Å²) in [6, 6.07) is 12.4. The van der Waals surface area contributed by atoms with Crippen molar-refractivity contribution in [1.82, 2.24) is 9.78 Å². The number of nitrogens with one attached hydrogen (secondary N) is 2. The second kappa shape index (κ2) is 7.98. The topological polar surface area (TPSA) is 105 Å². The Morgan fingerprint density at radius 3 is 2.65 bits per heavy atom. The number of benzene rings is 2. The number of anilines is 2. The molecule has 1 atom stereocenters. The van der Waals surface area contributed by atoms with Crippen LogP contribution in [0.3, 0.4) is 0 Å². The predicted octanol–water partition coefficient (Wildman–Crippen LogP) is 3.74. The Morgan fingerprint density at radius 2 is 1.94 bits per heavy atom. The first kappa shape index (κ1) is 20.2. The molecule has 0 saturated carbocycles. The van der Waals surface area contributed by atoms with E-state index >= 15 is 0 Å². The largest absolute Gasteiger partial charge is 0.496 e. The number of aryl methyl sites for hydroxylation is 2. The standard InChI is InChI=1S/C23H22N4O4/c1-13-8-9-15(10-14(13)2)25-22(28)17-12-24-27-19(11-18(23(29)30)26-21(17)27)16-6-4-5-7-20(16)31-3/h4-12,19,26H,1-3H3,(H,25,28)(H,29,30)/t19-/m1/s1. The third kappa shape index (κ3) is 3.75. The number of carboxylic acid groups (broad SMARTS) is 1. The zero-order valence-electron chi connectivity index (χ0n) is 17.3. The lowest BCUT2D eigenvalue weighted by Crippen LogP contribution is -2.26. The highest BCUT2D eigenvalue weighted by Crippen LogP contribution is 2.36. The number of methoxy groups -OCH3 is 1. The number of aliphatic carboxylic acids is 1. The zero-order valence-corrected chi connectivity index (χ0v) is 17.3. The van der Waals surface area contributed by atoms with Gasteiger partial charge in [-0.2, -0.15) is 5.10 Å². The normalized spacial score (nSPS) is 14.8. The number of ether oxygens (including phenoxy) is 1.